The average molecular weight is 302 g/mol. The van der Waals surface area contributed by atoms with E-state index in [9.17, 15) is 9.59 Å². The SMILES string of the molecule is CCC(=O)CC[C@@]1(C)C(=O)CC[C@@]2(C)c3cocc3CC[C@H]12. The fourth-order valence-electron chi connectivity index (χ4n) is 4.90. The summed E-state index contributed by atoms with van der Waals surface area (Å²) >= 11 is 0. The topological polar surface area (TPSA) is 47.3 Å². The number of hydrogen-bond donors (Lipinski definition) is 0. The van der Waals surface area contributed by atoms with Crippen molar-refractivity contribution in [3.8, 4) is 0 Å². The second-order valence-electron chi connectivity index (χ2n) is 7.55. The third kappa shape index (κ3) is 2.17. The minimum Gasteiger partial charge on any atom is -0.472 e. The molecule has 3 atom stereocenters. The Morgan fingerprint density at radius 2 is 2.09 bits per heavy atom. The van der Waals surface area contributed by atoms with Gasteiger partial charge in [-0.15, -0.1) is 0 Å². The van der Waals surface area contributed by atoms with E-state index in [4.69, 9.17) is 4.42 Å². The number of ketones is 2. The molecule has 120 valence electrons. The zero-order valence-corrected chi connectivity index (χ0v) is 13.9. The van der Waals surface area contributed by atoms with Crippen LogP contribution < -0.4 is 0 Å². The van der Waals surface area contributed by atoms with Crippen LogP contribution in [0.5, 0.6) is 0 Å². The number of furan rings is 1. The third-order valence-corrected chi connectivity index (χ3v) is 6.42. The zero-order chi connectivity index (χ0) is 16.0. The number of carbonyl (C=O) groups is 2. The van der Waals surface area contributed by atoms with Gasteiger partial charge in [-0.3, -0.25) is 9.59 Å². The lowest BCUT2D eigenvalue weighted by molar-refractivity contribution is -0.140. The molecule has 3 nitrogen and oxygen atoms in total. The largest absolute Gasteiger partial charge is 0.472 e. The summed E-state index contributed by atoms with van der Waals surface area (Å²) in [6.45, 7) is 6.29. The first-order valence-electron chi connectivity index (χ1n) is 8.52. The molecule has 0 amide bonds. The van der Waals surface area contributed by atoms with E-state index in [1.54, 1.807) is 0 Å². The minimum atomic E-state index is -0.368. The molecule has 3 heteroatoms. The number of hydrogen-bond acceptors (Lipinski definition) is 3. The first-order chi connectivity index (χ1) is 10.4. The Kier molecular flexibility index (Phi) is 3.78. The molecule has 0 unspecified atom stereocenters. The summed E-state index contributed by atoms with van der Waals surface area (Å²) in [7, 11) is 0. The lowest BCUT2D eigenvalue weighted by Crippen LogP contribution is -2.53. The lowest BCUT2D eigenvalue weighted by atomic mass is 9.49. The number of Topliss-reactive ketones (excluding diaryl/α,β-unsaturated/α-hetero) is 2. The predicted octanol–water partition coefficient (Wildman–Crippen LogP) is 4.23. The van der Waals surface area contributed by atoms with Crippen LogP contribution in [0.2, 0.25) is 0 Å². The van der Waals surface area contributed by atoms with Gasteiger partial charge in [0.1, 0.15) is 11.6 Å². The maximum Gasteiger partial charge on any atom is 0.139 e. The van der Waals surface area contributed by atoms with Gasteiger partial charge in [-0.05, 0) is 42.7 Å². The van der Waals surface area contributed by atoms with Crippen LogP contribution in [0.4, 0.5) is 0 Å². The van der Waals surface area contributed by atoms with Crippen LogP contribution in [0.25, 0.3) is 0 Å². The molecule has 0 spiro atoms. The summed E-state index contributed by atoms with van der Waals surface area (Å²) in [4.78, 5) is 24.5. The number of rotatable bonds is 4. The van der Waals surface area contributed by atoms with Gasteiger partial charge in [0.05, 0.1) is 12.5 Å². The number of carbonyl (C=O) groups excluding carboxylic acids is 2. The second-order valence-corrected chi connectivity index (χ2v) is 7.55. The standard InChI is InChI=1S/C19H26O3/c1-4-14(20)7-9-19(3)16-6-5-13-11-22-12-15(13)18(16,2)10-8-17(19)21/h11-12,16H,4-10H2,1-3H3/t16-,18-,19+/m0/s1. The Morgan fingerprint density at radius 3 is 2.82 bits per heavy atom. The van der Waals surface area contributed by atoms with Crippen LogP contribution in [0.3, 0.4) is 0 Å². The van der Waals surface area contributed by atoms with E-state index in [-0.39, 0.29) is 16.6 Å². The summed E-state index contributed by atoms with van der Waals surface area (Å²) in [5.74, 6) is 0.933. The Hall–Kier alpha value is -1.38. The summed E-state index contributed by atoms with van der Waals surface area (Å²) in [5, 5.41) is 0. The molecule has 0 aromatic carbocycles. The summed E-state index contributed by atoms with van der Waals surface area (Å²) in [5.41, 5.74) is 2.25. The summed E-state index contributed by atoms with van der Waals surface area (Å²) < 4.78 is 5.45. The highest BCUT2D eigenvalue weighted by atomic mass is 16.3. The highest BCUT2D eigenvalue weighted by molar-refractivity contribution is 5.87. The first-order valence-corrected chi connectivity index (χ1v) is 8.52. The Balaban J connectivity index is 1.94. The van der Waals surface area contributed by atoms with Crippen LogP contribution >= 0.6 is 0 Å². The third-order valence-electron chi connectivity index (χ3n) is 6.42. The molecule has 2 aliphatic rings. The minimum absolute atomic E-state index is 0.0124. The number of aryl methyl sites for hydroxylation is 1. The van der Waals surface area contributed by atoms with Crippen molar-refractivity contribution >= 4 is 11.6 Å². The fraction of sp³-hybridized carbons (Fsp3) is 0.684. The Morgan fingerprint density at radius 1 is 1.32 bits per heavy atom. The smallest absolute Gasteiger partial charge is 0.139 e. The van der Waals surface area contributed by atoms with Gasteiger partial charge in [0.2, 0.25) is 0 Å². The van der Waals surface area contributed by atoms with E-state index in [1.165, 1.54) is 11.1 Å². The molecule has 0 saturated heterocycles. The first kappa shape index (κ1) is 15.5. The van der Waals surface area contributed by atoms with Crippen LogP contribution in [-0.2, 0) is 21.4 Å². The molecule has 2 aliphatic carbocycles. The molecule has 0 radical (unpaired) electrons. The molecule has 0 bridgehead atoms. The second kappa shape index (κ2) is 5.36. The molecule has 0 N–H and O–H groups in total. The van der Waals surface area contributed by atoms with Gasteiger partial charge in [0.25, 0.3) is 0 Å². The van der Waals surface area contributed by atoms with E-state index in [0.717, 1.165) is 19.3 Å². The van der Waals surface area contributed by atoms with Gasteiger partial charge in [-0.2, -0.15) is 0 Å². The Bertz CT molecular complexity index is 600. The highest BCUT2D eigenvalue weighted by Gasteiger charge is 2.55. The van der Waals surface area contributed by atoms with Crippen molar-refractivity contribution in [3.63, 3.8) is 0 Å². The molecule has 1 fully saturated rings. The van der Waals surface area contributed by atoms with Gasteiger partial charge < -0.3 is 4.42 Å². The quantitative estimate of drug-likeness (QED) is 0.836. The van der Waals surface area contributed by atoms with Crippen molar-refractivity contribution in [1.29, 1.82) is 0 Å². The maximum atomic E-state index is 12.7. The normalized spacial score (nSPS) is 34.1. The van der Waals surface area contributed by atoms with Gasteiger partial charge in [-0.1, -0.05) is 20.8 Å². The van der Waals surface area contributed by atoms with Crippen LogP contribution in [0, 0.1) is 11.3 Å². The molecule has 3 rings (SSSR count). The Labute approximate surface area is 132 Å². The van der Waals surface area contributed by atoms with Crippen molar-refractivity contribution in [1.82, 2.24) is 0 Å². The molecule has 1 saturated carbocycles. The van der Waals surface area contributed by atoms with Crippen molar-refractivity contribution in [2.45, 2.75) is 71.1 Å². The maximum absolute atomic E-state index is 12.7. The molecule has 22 heavy (non-hydrogen) atoms. The molecule has 1 heterocycles. The van der Waals surface area contributed by atoms with Crippen molar-refractivity contribution in [3.05, 3.63) is 23.7 Å². The molecule has 1 aromatic heterocycles. The highest BCUT2D eigenvalue weighted by Crippen LogP contribution is 2.57. The molecular weight excluding hydrogens is 276 g/mol. The van der Waals surface area contributed by atoms with Crippen molar-refractivity contribution in [2.75, 3.05) is 0 Å². The van der Waals surface area contributed by atoms with E-state index >= 15 is 0 Å². The van der Waals surface area contributed by atoms with Gasteiger partial charge >= 0.3 is 0 Å². The van der Waals surface area contributed by atoms with E-state index in [2.05, 4.69) is 13.8 Å². The van der Waals surface area contributed by atoms with Gasteiger partial charge in [-0.25, -0.2) is 0 Å². The summed E-state index contributed by atoms with van der Waals surface area (Å²) in [6.07, 6.45) is 9.07. The van der Waals surface area contributed by atoms with Crippen LogP contribution in [0.15, 0.2) is 16.9 Å². The van der Waals surface area contributed by atoms with Crippen LogP contribution in [0.1, 0.15) is 70.4 Å². The van der Waals surface area contributed by atoms with E-state index in [1.807, 2.05) is 19.5 Å². The molecule has 0 aliphatic heterocycles. The van der Waals surface area contributed by atoms with Gasteiger partial charge in [0.15, 0.2) is 0 Å². The average Bonchev–Trinajstić information content (AvgIpc) is 2.99. The lowest BCUT2D eigenvalue weighted by Gasteiger charge is -2.53. The fourth-order valence-corrected chi connectivity index (χ4v) is 4.90. The summed E-state index contributed by atoms with van der Waals surface area (Å²) in [6, 6.07) is 0. The molecule has 1 aromatic rings. The monoisotopic (exact) mass is 302 g/mol. The van der Waals surface area contributed by atoms with E-state index in [0.29, 0.717) is 37.4 Å². The van der Waals surface area contributed by atoms with E-state index < -0.39 is 0 Å². The van der Waals surface area contributed by atoms with Crippen LogP contribution in [-0.4, -0.2) is 11.6 Å². The van der Waals surface area contributed by atoms with Crippen molar-refractivity contribution in [2.24, 2.45) is 11.3 Å². The van der Waals surface area contributed by atoms with Gasteiger partial charge in [0, 0.05) is 30.1 Å². The molecular formula is C19H26O3. The number of fused-ring (bicyclic) bond motifs is 3. The zero-order valence-electron chi connectivity index (χ0n) is 13.9. The van der Waals surface area contributed by atoms with Crippen molar-refractivity contribution < 1.29 is 14.0 Å². The predicted molar refractivity (Wildman–Crippen MR) is 84.8 cm³/mol.